The SMILES string of the molecule is CSCC[C@H](CC(=O)Cc1csc(-c2ccc(F)cc2)n1)C(=O)O. The third kappa shape index (κ3) is 5.42. The van der Waals surface area contributed by atoms with E-state index >= 15 is 0 Å². The number of nitrogens with zero attached hydrogens (tertiary/aromatic N) is 1. The van der Waals surface area contributed by atoms with Crippen molar-refractivity contribution in [2.75, 3.05) is 12.0 Å². The number of rotatable bonds is 9. The molecule has 1 aromatic heterocycles. The van der Waals surface area contributed by atoms with E-state index in [4.69, 9.17) is 0 Å². The average molecular weight is 367 g/mol. The van der Waals surface area contributed by atoms with Crippen LogP contribution in [-0.4, -0.2) is 33.9 Å². The fraction of sp³-hybridized carbons (Fsp3) is 0.353. The van der Waals surface area contributed by atoms with Gasteiger partial charge in [0.25, 0.3) is 0 Å². The second-order valence-corrected chi connectivity index (χ2v) is 7.23. The van der Waals surface area contributed by atoms with Crippen LogP contribution in [0.4, 0.5) is 4.39 Å². The monoisotopic (exact) mass is 367 g/mol. The van der Waals surface area contributed by atoms with Crippen LogP contribution in [-0.2, 0) is 16.0 Å². The number of benzene rings is 1. The largest absolute Gasteiger partial charge is 0.481 e. The highest BCUT2D eigenvalue weighted by Crippen LogP contribution is 2.24. The van der Waals surface area contributed by atoms with Crippen molar-refractivity contribution >= 4 is 34.9 Å². The van der Waals surface area contributed by atoms with Crippen LogP contribution in [0.15, 0.2) is 29.6 Å². The first-order chi connectivity index (χ1) is 11.5. The van der Waals surface area contributed by atoms with Crippen LogP contribution < -0.4 is 0 Å². The first kappa shape index (κ1) is 18.6. The Hall–Kier alpha value is -1.73. The van der Waals surface area contributed by atoms with E-state index in [2.05, 4.69) is 4.98 Å². The van der Waals surface area contributed by atoms with E-state index in [9.17, 15) is 19.1 Å². The Bertz CT molecular complexity index is 700. The van der Waals surface area contributed by atoms with Gasteiger partial charge in [-0.15, -0.1) is 11.3 Å². The van der Waals surface area contributed by atoms with Gasteiger partial charge in [-0.25, -0.2) is 9.37 Å². The summed E-state index contributed by atoms with van der Waals surface area (Å²) >= 11 is 2.95. The minimum absolute atomic E-state index is 0.0271. The Morgan fingerprint density at radius 2 is 2.04 bits per heavy atom. The van der Waals surface area contributed by atoms with Gasteiger partial charge in [-0.05, 0) is 42.7 Å². The molecule has 0 amide bonds. The second-order valence-electron chi connectivity index (χ2n) is 5.39. The molecule has 24 heavy (non-hydrogen) atoms. The molecule has 4 nitrogen and oxygen atoms in total. The number of hydrogen-bond acceptors (Lipinski definition) is 5. The maximum Gasteiger partial charge on any atom is 0.306 e. The quantitative estimate of drug-likeness (QED) is 0.728. The Labute approximate surface area is 148 Å². The third-order valence-corrected chi connectivity index (χ3v) is 5.10. The molecule has 0 radical (unpaired) electrons. The first-order valence-electron chi connectivity index (χ1n) is 7.43. The molecule has 0 saturated heterocycles. The summed E-state index contributed by atoms with van der Waals surface area (Å²) in [7, 11) is 0. The minimum Gasteiger partial charge on any atom is -0.481 e. The summed E-state index contributed by atoms with van der Waals surface area (Å²) in [6.07, 6.45) is 2.55. The lowest BCUT2D eigenvalue weighted by Gasteiger charge is -2.10. The summed E-state index contributed by atoms with van der Waals surface area (Å²) in [6, 6.07) is 6.01. The highest BCUT2D eigenvalue weighted by atomic mass is 32.2. The summed E-state index contributed by atoms with van der Waals surface area (Å²) in [6.45, 7) is 0. The summed E-state index contributed by atoms with van der Waals surface area (Å²) in [5.74, 6) is -1.28. The number of Topliss-reactive ketones (excluding diaryl/α,β-unsaturated/α-hetero) is 1. The molecular formula is C17H18FNO3S2. The summed E-state index contributed by atoms with van der Waals surface area (Å²) < 4.78 is 12.9. The molecule has 7 heteroatoms. The zero-order valence-electron chi connectivity index (χ0n) is 13.2. The van der Waals surface area contributed by atoms with Crippen LogP contribution in [0, 0.1) is 11.7 Å². The molecule has 2 aromatic rings. The van der Waals surface area contributed by atoms with Gasteiger partial charge < -0.3 is 5.11 Å². The van der Waals surface area contributed by atoms with Crippen molar-refractivity contribution < 1.29 is 19.1 Å². The van der Waals surface area contributed by atoms with E-state index in [1.54, 1.807) is 29.3 Å². The second kappa shape index (κ2) is 8.94. The number of thiazole rings is 1. The van der Waals surface area contributed by atoms with Gasteiger partial charge in [0.15, 0.2) is 0 Å². The molecule has 0 bridgehead atoms. The average Bonchev–Trinajstić information content (AvgIpc) is 3.00. The van der Waals surface area contributed by atoms with Crippen LogP contribution in [0.25, 0.3) is 10.6 Å². The van der Waals surface area contributed by atoms with Crippen molar-refractivity contribution in [2.45, 2.75) is 19.3 Å². The van der Waals surface area contributed by atoms with Gasteiger partial charge in [-0.2, -0.15) is 11.8 Å². The van der Waals surface area contributed by atoms with Gasteiger partial charge in [0.05, 0.1) is 11.6 Å². The molecular weight excluding hydrogens is 349 g/mol. The zero-order valence-corrected chi connectivity index (χ0v) is 14.8. The number of aliphatic carboxylic acids is 1. The Morgan fingerprint density at radius 3 is 2.67 bits per heavy atom. The molecule has 0 spiro atoms. The van der Waals surface area contributed by atoms with E-state index < -0.39 is 11.9 Å². The molecule has 0 unspecified atom stereocenters. The van der Waals surface area contributed by atoms with Gasteiger partial charge in [0, 0.05) is 23.8 Å². The molecule has 1 heterocycles. The van der Waals surface area contributed by atoms with Gasteiger partial charge in [-0.1, -0.05) is 0 Å². The molecule has 0 aliphatic carbocycles. The maximum absolute atomic E-state index is 12.9. The Kier molecular flexibility index (Phi) is 6.93. The van der Waals surface area contributed by atoms with E-state index in [-0.39, 0.29) is 24.4 Å². The predicted octanol–water partition coefficient (Wildman–Crippen LogP) is 3.90. The molecule has 1 aromatic carbocycles. The Morgan fingerprint density at radius 1 is 1.33 bits per heavy atom. The molecule has 0 saturated carbocycles. The molecule has 1 N–H and O–H groups in total. The van der Waals surface area contributed by atoms with Crippen LogP contribution in [0.3, 0.4) is 0 Å². The van der Waals surface area contributed by atoms with Crippen molar-refractivity contribution in [3.63, 3.8) is 0 Å². The topological polar surface area (TPSA) is 67.3 Å². The number of carboxylic acids is 1. The van der Waals surface area contributed by atoms with E-state index in [1.165, 1.54) is 23.5 Å². The number of carbonyl (C=O) groups is 2. The molecule has 128 valence electrons. The number of ketones is 1. The standard InChI is InChI=1S/C17H18FNO3S2/c1-23-7-6-12(17(21)22)8-15(20)9-14-10-24-16(19-14)11-2-4-13(18)5-3-11/h2-5,10,12H,6-9H2,1H3,(H,21,22)/t12-/m1/s1. The molecule has 0 aliphatic rings. The highest BCUT2D eigenvalue weighted by Gasteiger charge is 2.21. The van der Waals surface area contributed by atoms with Gasteiger partial charge in [0.2, 0.25) is 0 Å². The minimum atomic E-state index is -0.928. The number of halogens is 1. The van der Waals surface area contributed by atoms with Crippen LogP contribution in [0.2, 0.25) is 0 Å². The zero-order chi connectivity index (χ0) is 17.5. The number of aromatic nitrogens is 1. The summed E-state index contributed by atoms with van der Waals surface area (Å²) in [4.78, 5) is 27.7. The van der Waals surface area contributed by atoms with Gasteiger partial charge in [0.1, 0.15) is 16.6 Å². The molecule has 0 fully saturated rings. The Balaban J connectivity index is 1.97. The van der Waals surface area contributed by atoms with Gasteiger partial charge >= 0.3 is 5.97 Å². The summed E-state index contributed by atoms with van der Waals surface area (Å²) in [5, 5.41) is 11.7. The maximum atomic E-state index is 12.9. The molecule has 0 aliphatic heterocycles. The fourth-order valence-electron chi connectivity index (χ4n) is 2.24. The lowest BCUT2D eigenvalue weighted by Crippen LogP contribution is -2.19. The molecule has 2 rings (SSSR count). The van der Waals surface area contributed by atoms with Crippen molar-refractivity contribution in [3.8, 4) is 10.6 Å². The van der Waals surface area contributed by atoms with Crippen molar-refractivity contribution in [1.29, 1.82) is 0 Å². The molecule has 1 atom stereocenters. The van der Waals surface area contributed by atoms with Crippen LogP contribution >= 0.6 is 23.1 Å². The number of hydrogen-bond donors (Lipinski definition) is 1. The number of carboxylic acid groups (broad SMARTS) is 1. The summed E-state index contributed by atoms with van der Waals surface area (Å²) in [5.41, 5.74) is 1.42. The van der Waals surface area contributed by atoms with E-state index in [0.717, 1.165) is 16.3 Å². The van der Waals surface area contributed by atoms with Crippen LogP contribution in [0.1, 0.15) is 18.5 Å². The normalized spacial score (nSPS) is 12.1. The smallest absolute Gasteiger partial charge is 0.306 e. The van der Waals surface area contributed by atoms with Crippen molar-refractivity contribution in [1.82, 2.24) is 4.98 Å². The third-order valence-electron chi connectivity index (χ3n) is 3.51. The lowest BCUT2D eigenvalue weighted by atomic mass is 9.98. The highest BCUT2D eigenvalue weighted by molar-refractivity contribution is 7.98. The number of carbonyl (C=O) groups excluding carboxylic acids is 1. The lowest BCUT2D eigenvalue weighted by molar-refractivity contribution is -0.143. The number of thioether (sulfide) groups is 1. The van der Waals surface area contributed by atoms with E-state index in [1.807, 2.05) is 6.26 Å². The fourth-order valence-corrected chi connectivity index (χ4v) is 3.58. The van der Waals surface area contributed by atoms with Crippen molar-refractivity contribution in [2.24, 2.45) is 5.92 Å². The predicted molar refractivity (Wildman–Crippen MR) is 95.0 cm³/mol. The van der Waals surface area contributed by atoms with Gasteiger partial charge in [-0.3, -0.25) is 9.59 Å². The van der Waals surface area contributed by atoms with Crippen molar-refractivity contribution in [3.05, 3.63) is 41.2 Å². The first-order valence-corrected chi connectivity index (χ1v) is 9.70. The van der Waals surface area contributed by atoms with E-state index in [0.29, 0.717) is 12.1 Å². The van der Waals surface area contributed by atoms with Crippen LogP contribution in [0.5, 0.6) is 0 Å².